The topological polar surface area (TPSA) is 103 Å². The highest BCUT2D eigenvalue weighted by molar-refractivity contribution is 6.05. The summed E-state index contributed by atoms with van der Waals surface area (Å²) in [5, 5.41) is 0.744. The van der Waals surface area contributed by atoms with E-state index >= 15 is 0 Å². The number of primary amides is 1. The molecule has 7 heteroatoms. The van der Waals surface area contributed by atoms with E-state index < -0.39 is 24.5 Å². The summed E-state index contributed by atoms with van der Waals surface area (Å²) < 4.78 is 5.39. The van der Waals surface area contributed by atoms with Crippen LogP contribution in [0.15, 0.2) is 24.3 Å². The minimum atomic E-state index is -0.619. The van der Waals surface area contributed by atoms with Crippen molar-refractivity contribution < 1.29 is 19.1 Å². The second-order valence-corrected chi connectivity index (χ2v) is 7.36. The molecule has 4 rings (SSSR count). The number of para-hydroxylation sites is 1. The number of amides is 2. The van der Waals surface area contributed by atoms with E-state index in [1.54, 1.807) is 0 Å². The first-order chi connectivity index (χ1) is 13.6. The van der Waals surface area contributed by atoms with Crippen molar-refractivity contribution in [3.8, 4) is 0 Å². The SMILES string of the molecule is NC(=O)[C@@H]1CCCCN1C(=O)COC(=O)c1c2c(nc3ccccc13)CCC2. The Morgan fingerprint density at radius 2 is 1.96 bits per heavy atom. The van der Waals surface area contributed by atoms with Gasteiger partial charge in [-0.2, -0.15) is 0 Å². The number of likely N-dealkylation sites (tertiary alicyclic amines) is 1. The van der Waals surface area contributed by atoms with Gasteiger partial charge in [-0.05, 0) is 50.2 Å². The number of pyridine rings is 1. The van der Waals surface area contributed by atoms with Crippen LogP contribution >= 0.6 is 0 Å². The molecule has 2 aromatic rings. The van der Waals surface area contributed by atoms with E-state index in [-0.39, 0.29) is 5.91 Å². The number of aryl methyl sites for hydroxylation is 1. The molecule has 7 nitrogen and oxygen atoms in total. The van der Waals surface area contributed by atoms with Crippen molar-refractivity contribution in [2.45, 2.75) is 44.6 Å². The molecule has 2 amide bonds. The van der Waals surface area contributed by atoms with Gasteiger partial charge in [0.15, 0.2) is 6.61 Å². The zero-order chi connectivity index (χ0) is 19.7. The predicted octanol–water partition coefficient (Wildman–Crippen LogP) is 1.75. The fourth-order valence-electron chi connectivity index (χ4n) is 4.25. The summed E-state index contributed by atoms with van der Waals surface area (Å²) in [4.78, 5) is 43.2. The molecule has 1 aromatic carbocycles. The van der Waals surface area contributed by atoms with Crippen LogP contribution < -0.4 is 5.73 Å². The Morgan fingerprint density at radius 1 is 1.14 bits per heavy atom. The number of nitrogens with two attached hydrogens (primary N) is 1. The maximum atomic E-state index is 12.9. The standard InChI is InChI=1S/C21H23N3O4/c22-20(26)17-10-3-4-11-24(17)18(25)12-28-21(27)19-13-6-1-2-8-15(13)23-16-9-5-7-14(16)19/h1-2,6,8,17H,3-5,7,9-12H2,(H2,22,26)/t17-/m0/s1. The van der Waals surface area contributed by atoms with E-state index in [4.69, 9.17) is 10.5 Å². The van der Waals surface area contributed by atoms with Crippen LogP contribution in [0.3, 0.4) is 0 Å². The number of fused-ring (bicyclic) bond motifs is 2. The number of ether oxygens (including phenoxy) is 1. The second kappa shape index (κ2) is 7.58. The highest BCUT2D eigenvalue weighted by atomic mass is 16.5. The lowest BCUT2D eigenvalue weighted by molar-refractivity contribution is -0.143. The molecule has 1 aliphatic heterocycles. The molecule has 2 aliphatic rings. The number of rotatable bonds is 4. The molecule has 0 unspecified atom stereocenters. The Balaban J connectivity index is 1.55. The third-order valence-corrected chi connectivity index (χ3v) is 5.60. The molecule has 1 fully saturated rings. The summed E-state index contributed by atoms with van der Waals surface area (Å²) in [7, 11) is 0. The van der Waals surface area contributed by atoms with E-state index in [2.05, 4.69) is 4.98 Å². The maximum absolute atomic E-state index is 12.9. The Bertz CT molecular complexity index is 956. The molecule has 28 heavy (non-hydrogen) atoms. The van der Waals surface area contributed by atoms with Gasteiger partial charge in [-0.1, -0.05) is 18.2 Å². The molecule has 1 saturated heterocycles. The Labute approximate surface area is 162 Å². The highest BCUT2D eigenvalue weighted by Gasteiger charge is 2.31. The summed E-state index contributed by atoms with van der Waals surface area (Å²) in [6, 6.07) is 6.85. The number of hydrogen-bond acceptors (Lipinski definition) is 5. The van der Waals surface area contributed by atoms with E-state index in [1.807, 2.05) is 24.3 Å². The molecule has 146 valence electrons. The second-order valence-electron chi connectivity index (χ2n) is 7.36. The molecule has 1 atom stereocenters. The van der Waals surface area contributed by atoms with Crippen molar-refractivity contribution in [3.63, 3.8) is 0 Å². The lowest BCUT2D eigenvalue weighted by atomic mass is 10.0. The molecule has 0 spiro atoms. The molecular weight excluding hydrogens is 358 g/mol. The molecule has 1 aromatic heterocycles. The van der Waals surface area contributed by atoms with Gasteiger partial charge >= 0.3 is 5.97 Å². The monoisotopic (exact) mass is 381 g/mol. The summed E-state index contributed by atoms with van der Waals surface area (Å²) in [5.41, 5.74) is 8.54. The van der Waals surface area contributed by atoms with Crippen molar-refractivity contribution in [2.75, 3.05) is 13.2 Å². The molecule has 2 N–H and O–H groups in total. The third kappa shape index (κ3) is 3.32. The predicted molar refractivity (Wildman–Crippen MR) is 103 cm³/mol. The van der Waals surface area contributed by atoms with Gasteiger partial charge < -0.3 is 15.4 Å². The van der Waals surface area contributed by atoms with Crippen LogP contribution in [0.25, 0.3) is 10.9 Å². The normalized spacial score (nSPS) is 18.7. The van der Waals surface area contributed by atoms with Crippen molar-refractivity contribution in [1.82, 2.24) is 9.88 Å². The van der Waals surface area contributed by atoms with Crippen LogP contribution in [0, 0.1) is 0 Å². The average Bonchev–Trinajstić information content (AvgIpc) is 3.17. The van der Waals surface area contributed by atoms with Crippen LogP contribution in [0.5, 0.6) is 0 Å². The van der Waals surface area contributed by atoms with Crippen LogP contribution in [0.1, 0.15) is 47.3 Å². The van der Waals surface area contributed by atoms with Crippen molar-refractivity contribution in [3.05, 3.63) is 41.1 Å². The van der Waals surface area contributed by atoms with Crippen molar-refractivity contribution >= 4 is 28.7 Å². The average molecular weight is 381 g/mol. The minimum Gasteiger partial charge on any atom is -0.452 e. The number of esters is 1. The Kier molecular flexibility index (Phi) is 4.98. The van der Waals surface area contributed by atoms with Gasteiger partial charge in [0.25, 0.3) is 5.91 Å². The Hall–Kier alpha value is -2.96. The quantitative estimate of drug-likeness (QED) is 0.813. The van der Waals surface area contributed by atoms with Gasteiger partial charge in [-0.3, -0.25) is 14.6 Å². The molecule has 2 heterocycles. The van der Waals surface area contributed by atoms with Crippen LogP contribution in [0.4, 0.5) is 0 Å². The fourth-order valence-corrected chi connectivity index (χ4v) is 4.25. The largest absolute Gasteiger partial charge is 0.452 e. The summed E-state index contributed by atoms with van der Waals surface area (Å²) >= 11 is 0. The highest BCUT2D eigenvalue weighted by Crippen LogP contribution is 2.30. The third-order valence-electron chi connectivity index (χ3n) is 5.60. The number of carbonyl (C=O) groups is 3. The van der Waals surface area contributed by atoms with Gasteiger partial charge in [0.2, 0.25) is 5.91 Å². The summed E-state index contributed by atoms with van der Waals surface area (Å²) in [6.45, 7) is 0.0611. The number of piperidine rings is 1. The van der Waals surface area contributed by atoms with E-state index in [9.17, 15) is 14.4 Å². The number of nitrogens with zero attached hydrogens (tertiary/aromatic N) is 2. The van der Waals surface area contributed by atoms with E-state index in [0.717, 1.165) is 54.3 Å². The van der Waals surface area contributed by atoms with Crippen LogP contribution in [-0.4, -0.2) is 46.9 Å². The lowest BCUT2D eigenvalue weighted by Gasteiger charge is -2.33. The zero-order valence-electron chi connectivity index (χ0n) is 15.6. The molecule has 0 saturated carbocycles. The summed E-state index contributed by atoms with van der Waals surface area (Å²) in [5.74, 6) is -1.41. The molecular formula is C21H23N3O4. The number of benzene rings is 1. The maximum Gasteiger partial charge on any atom is 0.339 e. The van der Waals surface area contributed by atoms with Crippen molar-refractivity contribution in [1.29, 1.82) is 0 Å². The number of aromatic nitrogens is 1. The fraction of sp³-hybridized carbons (Fsp3) is 0.429. The van der Waals surface area contributed by atoms with E-state index in [1.165, 1.54) is 4.90 Å². The minimum absolute atomic E-state index is 0.383. The zero-order valence-corrected chi connectivity index (χ0v) is 15.6. The first kappa shape index (κ1) is 18.4. The summed E-state index contributed by atoms with van der Waals surface area (Å²) in [6.07, 6.45) is 4.79. The van der Waals surface area contributed by atoms with Gasteiger partial charge in [0.1, 0.15) is 6.04 Å². The molecule has 0 bridgehead atoms. The lowest BCUT2D eigenvalue weighted by Crippen LogP contribution is -2.51. The van der Waals surface area contributed by atoms with Crippen molar-refractivity contribution in [2.24, 2.45) is 5.73 Å². The molecule has 1 aliphatic carbocycles. The van der Waals surface area contributed by atoms with E-state index in [0.29, 0.717) is 18.5 Å². The first-order valence-electron chi connectivity index (χ1n) is 9.72. The van der Waals surface area contributed by atoms with Gasteiger partial charge in [-0.15, -0.1) is 0 Å². The Morgan fingerprint density at radius 3 is 2.79 bits per heavy atom. The first-order valence-corrected chi connectivity index (χ1v) is 9.72. The molecule has 0 radical (unpaired) electrons. The number of hydrogen-bond donors (Lipinski definition) is 1. The van der Waals surface area contributed by atoms with Gasteiger partial charge in [0, 0.05) is 17.6 Å². The van der Waals surface area contributed by atoms with Gasteiger partial charge in [-0.25, -0.2) is 4.79 Å². The van der Waals surface area contributed by atoms with Crippen LogP contribution in [0.2, 0.25) is 0 Å². The smallest absolute Gasteiger partial charge is 0.339 e. The van der Waals surface area contributed by atoms with Gasteiger partial charge in [0.05, 0.1) is 11.1 Å². The van der Waals surface area contributed by atoms with Crippen LogP contribution in [-0.2, 0) is 27.2 Å². The number of carbonyl (C=O) groups excluding carboxylic acids is 3.